The summed E-state index contributed by atoms with van der Waals surface area (Å²) < 4.78 is 5.47. The van der Waals surface area contributed by atoms with E-state index >= 15 is 0 Å². The number of hydrogen-bond acceptors (Lipinski definition) is 3. The highest BCUT2D eigenvalue weighted by atomic mass is 35.5. The SMILES string of the molecule is CCOCCN(CC)c1cc(Cl)ccc1CNC(C)C. The van der Waals surface area contributed by atoms with Crippen molar-refractivity contribution in [2.75, 3.05) is 31.2 Å². The first-order valence-electron chi connectivity index (χ1n) is 7.43. The minimum Gasteiger partial charge on any atom is -0.380 e. The van der Waals surface area contributed by atoms with Gasteiger partial charge in [0, 0.05) is 43.0 Å². The molecule has 0 aliphatic rings. The van der Waals surface area contributed by atoms with E-state index in [1.807, 2.05) is 19.1 Å². The Kier molecular flexibility index (Phi) is 7.97. The Labute approximate surface area is 128 Å². The summed E-state index contributed by atoms with van der Waals surface area (Å²) in [4.78, 5) is 2.32. The van der Waals surface area contributed by atoms with E-state index in [9.17, 15) is 0 Å². The van der Waals surface area contributed by atoms with Gasteiger partial charge in [0.2, 0.25) is 0 Å². The zero-order chi connectivity index (χ0) is 15.0. The van der Waals surface area contributed by atoms with Crippen LogP contribution in [0.25, 0.3) is 0 Å². The van der Waals surface area contributed by atoms with Crippen molar-refractivity contribution in [3.8, 4) is 0 Å². The average Bonchev–Trinajstić information content (AvgIpc) is 2.42. The van der Waals surface area contributed by atoms with Gasteiger partial charge in [0.25, 0.3) is 0 Å². The predicted octanol–water partition coefficient (Wildman–Crippen LogP) is 3.70. The molecule has 0 heterocycles. The maximum atomic E-state index is 6.16. The zero-order valence-corrected chi connectivity index (χ0v) is 13.8. The first-order chi connectivity index (χ1) is 9.58. The maximum Gasteiger partial charge on any atom is 0.0641 e. The van der Waals surface area contributed by atoms with E-state index in [1.54, 1.807) is 0 Å². The van der Waals surface area contributed by atoms with Crippen LogP contribution in [0, 0.1) is 0 Å². The Morgan fingerprint density at radius 1 is 1.30 bits per heavy atom. The molecule has 4 heteroatoms. The van der Waals surface area contributed by atoms with Crippen LogP contribution < -0.4 is 10.2 Å². The zero-order valence-electron chi connectivity index (χ0n) is 13.1. The third kappa shape index (κ3) is 5.70. The number of nitrogens with one attached hydrogen (secondary N) is 1. The van der Waals surface area contributed by atoms with E-state index in [0.29, 0.717) is 6.04 Å². The Hall–Kier alpha value is -0.770. The van der Waals surface area contributed by atoms with Gasteiger partial charge >= 0.3 is 0 Å². The second-order valence-electron chi connectivity index (χ2n) is 5.09. The Morgan fingerprint density at radius 2 is 2.05 bits per heavy atom. The average molecular weight is 299 g/mol. The van der Waals surface area contributed by atoms with Gasteiger partial charge in [-0.2, -0.15) is 0 Å². The number of hydrogen-bond donors (Lipinski definition) is 1. The lowest BCUT2D eigenvalue weighted by atomic mass is 10.1. The quantitative estimate of drug-likeness (QED) is 0.704. The molecule has 0 saturated carbocycles. The van der Waals surface area contributed by atoms with E-state index in [0.717, 1.165) is 37.9 Å². The monoisotopic (exact) mass is 298 g/mol. The molecular weight excluding hydrogens is 272 g/mol. The molecule has 0 aromatic heterocycles. The van der Waals surface area contributed by atoms with Crippen molar-refractivity contribution in [3.63, 3.8) is 0 Å². The number of likely N-dealkylation sites (N-methyl/N-ethyl adjacent to an activating group) is 1. The van der Waals surface area contributed by atoms with E-state index in [2.05, 4.69) is 37.1 Å². The number of ether oxygens (including phenoxy) is 1. The Morgan fingerprint density at radius 3 is 2.65 bits per heavy atom. The molecule has 1 aromatic carbocycles. The van der Waals surface area contributed by atoms with Crippen LogP contribution in [0.5, 0.6) is 0 Å². The molecule has 0 saturated heterocycles. The molecule has 0 aliphatic carbocycles. The molecule has 3 nitrogen and oxygen atoms in total. The highest BCUT2D eigenvalue weighted by molar-refractivity contribution is 6.30. The first-order valence-corrected chi connectivity index (χ1v) is 7.80. The topological polar surface area (TPSA) is 24.5 Å². The van der Waals surface area contributed by atoms with Gasteiger partial charge in [-0.05, 0) is 31.5 Å². The van der Waals surface area contributed by atoms with Crippen LogP contribution in [0.15, 0.2) is 18.2 Å². The summed E-state index contributed by atoms with van der Waals surface area (Å²) in [5.74, 6) is 0. The number of anilines is 1. The van der Waals surface area contributed by atoms with Gasteiger partial charge in [0.1, 0.15) is 0 Å². The van der Waals surface area contributed by atoms with Crippen LogP contribution in [0.2, 0.25) is 5.02 Å². The third-order valence-corrected chi connectivity index (χ3v) is 3.42. The number of rotatable bonds is 9. The van der Waals surface area contributed by atoms with Gasteiger partial charge in [-0.25, -0.2) is 0 Å². The predicted molar refractivity (Wildman–Crippen MR) is 87.8 cm³/mol. The number of halogens is 1. The molecule has 0 aliphatic heterocycles. The summed E-state index contributed by atoms with van der Waals surface area (Å²) in [5, 5.41) is 4.25. The lowest BCUT2D eigenvalue weighted by molar-refractivity contribution is 0.154. The van der Waals surface area contributed by atoms with Gasteiger partial charge < -0.3 is 15.0 Å². The van der Waals surface area contributed by atoms with E-state index in [1.165, 1.54) is 11.3 Å². The second kappa shape index (κ2) is 9.22. The summed E-state index contributed by atoms with van der Waals surface area (Å²) >= 11 is 6.16. The molecule has 0 radical (unpaired) electrons. The van der Waals surface area contributed by atoms with Crippen molar-refractivity contribution < 1.29 is 4.74 Å². The van der Waals surface area contributed by atoms with Crippen LogP contribution in [0.4, 0.5) is 5.69 Å². The van der Waals surface area contributed by atoms with Crippen LogP contribution in [0.1, 0.15) is 33.3 Å². The lowest BCUT2D eigenvalue weighted by Gasteiger charge is -2.26. The molecule has 0 atom stereocenters. The summed E-state index contributed by atoms with van der Waals surface area (Å²) in [5.41, 5.74) is 2.48. The number of benzene rings is 1. The van der Waals surface area contributed by atoms with Crippen molar-refractivity contribution >= 4 is 17.3 Å². The Balaban J connectivity index is 2.84. The first kappa shape index (κ1) is 17.3. The van der Waals surface area contributed by atoms with Gasteiger partial charge in [-0.3, -0.25) is 0 Å². The van der Waals surface area contributed by atoms with Crippen LogP contribution in [-0.4, -0.2) is 32.3 Å². The van der Waals surface area contributed by atoms with Crippen molar-refractivity contribution in [2.45, 2.75) is 40.3 Å². The molecule has 1 rings (SSSR count). The molecule has 0 amide bonds. The van der Waals surface area contributed by atoms with Crippen LogP contribution >= 0.6 is 11.6 Å². The Bertz CT molecular complexity index is 396. The minimum atomic E-state index is 0.469. The van der Waals surface area contributed by atoms with Gasteiger partial charge in [-0.15, -0.1) is 0 Å². The fourth-order valence-corrected chi connectivity index (χ4v) is 2.23. The van der Waals surface area contributed by atoms with Crippen LogP contribution in [-0.2, 0) is 11.3 Å². The van der Waals surface area contributed by atoms with Crippen molar-refractivity contribution in [1.29, 1.82) is 0 Å². The van der Waals surface area contributed by atoms with Gasteiger partial charge in [0.05, 0.1) is 6.61 Å². The van der Waals surface area contributed by atoms with Crippen molar-refractivity contribution in [3.05, 3.63) is 28.8 Å². The maximum absolute atomic E-state index is 6.16. The highest BCUT2D eigenvalue weighted by Gasteiger charge is 2.11. The fraction of sp³-hybridized carbons (Fsp3) is 0.625. The summed E-state index contributed by atoms with van der Waals surface area (Å²) in [6.45, 7) is 12.7. The standard InChI is InChI=1S/C16H27ClN2O/c1-5-19(9-10-20-6-2)16-11-15(17)8-7-14(16)12-18-13(3)4/h7-8,11,13,18H,5-6,9-10,12H2,1-4H3. The second-order valence-corrected chi connectivity index (χ2v) is 5.52. The molecule has 0 spiro atoms. The van der Waals surface area contributed by atoms with Crippen molar-refractivity contribution in [1.82, 2.24) is 5.32 Å². The third-order valence-electron chi connectivity index (χ3n) is 3.18. The molecule has 0 fully saturated rings. The molecule has 114 valence electrons. The smallest absolute Gasteiger partial charge is 0.0641 e. The molecule has 0 unspecified atom stereocenters. The lowest BCUT2D eigenvalue weighted by Crippen LogP contribution is -2.29. The van der Waals surface area contributed by atoms with E-state index in [-0.39, 0.29) is 0 Å². The summed E-state index contributed by atoms with van der Waals surface area (Å²) in [6.07, 6.45) is 0. The molecule has 1 aromatic rings. The van der Waals surface area contributed by atoms with Crippen molar-refractivity contribution in [2.24, 2.45) is 0 Å². The largest absolute Gasteiger partial charge is 0.380 e. The molecular formula is C16H27ClN2O. The van der Waals surface area contributed by atoms with Crippen LogP contribution in [0.3, 0.4) is 0 Å². The number of nitrogens with zero attached hydrogens (tertiary/aromatic N) is 1. The molecule has 1 N–H and O–H groups in total. The summed E-state index contributed by atoms with van der Waals surface area (Å²) in [6, 6.07) is 6.58. The highest BCUT2D eigenvalue weighted by Crippen LogP contribution is 2.25. The molecule has 20 heavy (non-hydrogen) atoms. The van der Waals surface area contributed by atoms with Gasteiger partial charge in [0.15, 0.2) is 0 Å². The van der Waals surface area contributed by atoms with E-state index < -0.39 is 0 Å². The van der Waals surface area contributed by atoms with Gasteiger partial charge in [-0.1, -0.05) is 31.5 Å². The minimum absolute atomic E-state index is 0.469. The summed E-state index contributed by atoms with van der Waals surface area (Å²) in [7, 11) is 0. The van der Waals surface area contributed by atoms with E-state index in [4.69, 9.17) is 16.3 Å². The fourth-order valence-electron chi connectivity index (χ4n) is 2.06. The molecule has 0 bridgehead atoms. The normalized spacial score (nSPS) is 11.1.